The fourth-order valence-electron chi connectivity index (χ4n) is 5.04. The molecule has 2 aromatic carbocycles. The van der Waals surface area contributed by atoms with Gasteiger partial charge in [-0.05, 0) is 85.8 Å². The summed E-state index contributed by atoms with van der Waals surface area (Å²) >= 11 is 0. The van der Waals surface area contributed by atoms with E-state index in [1.54, 1.807) is 25.5 Å². The second-order valence-electron chi connectivity index (χ2n) is 9.35. The van der Waals surface area contributed by atoms with E-state index in [0.717, 1.165) is 56.0 Å². The molecule has 0 saturated carbocycles. The third-order valence-corrected chi connectivity index (χ3v) is 6.97. The number of aliphatic hydroxyl groups excluding tert-OH is 1. The van der Waals surface area contributed by atoms with Gasteiger partial charge in [-0.1, -0.05) is 24.3 Å². The van der Waals surface area contributed by atoms with Gasteiger partial charge in [0, 0.05) is 19.6 Å². The highest BCUT2D eigenvalue weighted by atomic mass is 16.5. The predicted octanol–water partition coefficient (Wildman–Crippen LogP) is 4.25. The van der Waals surface area contributed by atoms with Gasteiger partial charge in [0.1, 0.15) is 18.1 Å². The number of carbonyl (C=O) groups is 1. The van der Waals surface area contributed by atoms with Crippen LogP contribution >= 0.6 is 0 Å². The number of likely N-dealkylation sites (tertiary alicyclic amines) is 1. The van der Waals surface area contributed by atoms with Gasteiger partial charge in [-0.15, -0.1) is 0 Å². The van der Waals surface area contributed by atoms with E-state index in [4.69, 9.17) is 19.0 Å². The molecule has 1 aliphatic heterocycles. The van der Waals surface area contributed by atoms with Crippen molar-refractivity contribution in [3.8, 4) is 11.5 Å². The number of hydrogen-bond donors (Lipinski definition) is 1. The number of benzene rings is 2. The van der Waals surface area contributed by atoms with Crippen LogP contribution in [-0.4, -0.2) is 67.3 Å². The van der Waals surface area contributed by atoms with E-state index in [9.17, 15) is 4.79 Å². The third kappa shape index (κ3) is 6.68. The van der Waals surface area contributed by atoms with Gasteiger partial charge in [-0.25, -0.2) is 0 Å². The second-order valence-corrected chi connectivity index (χ2v) is 9.35. The molecule has 0 spiro atoms. The first-order valence-electron chi connectivity index (χ1n) is 12.6. The Bertz CT molecular complexity index is 1090. The lowest BCUT2D eigenvalue weighted by Crippen LogP contribution is -2.47. The molecule has 4 rings (SSSR count). The Morgan fingerprint density at radius 2 is 1.81 bits per heavy atom. The van der Waals surface area contributed by atoms with Gasteiger partial charge in [0.05, 0.1) is 20.0 Å². The zero-order valence-electron chi connectivity index (χ0n) is 21.1. The van der Waals surface area contributed by atoms with Crippen LogP contribution in [0.2, 0.25) is 0 Å². The van der Waals surface area contributed by atoms with E-state index in [2.05, 4.69) is 23.1 Å². The molecule has 0 unspecified atom stereocenters. The zero-order valence-corrected chi connectivity index (χ0v) is 21.1. The number of hydrogen-bond acceptors (Lipinski definition) is 6. The lowest BCUT2D eigenvalue weighted by Gasteiger charge is -2.40. The molecule has 192 valence electrons. The van der Waals surface area contributed by atoms with Crippen LogP contribution in [-0.2, 0) is 13.0 Å². The van der Waals surface area contributed by atoms with E-state index < -0.39 is 0 Å². The average molecular weight is 493 g/mol. The molecular weight excluding hydrogens is 456 g/mol. The first kappa shape index (κ1) is 25.8. The summed E-state index contributed by atoms with van der Waals surface area (Å²) in [5.74, 6) is 2.26. The number of aliphatic hydroxyl groups is 1. The van der Waals surface area contributed by atoms with Crippen molar-refractivity contribution < 1.29 is 23.8 Å². The SMILES string of the molecule is COc1cccc(C[C@H](C2CCN(Cc3cccc(OCCO)c3)CC2)N(C)C(=O)c2ccco2)c1. The fourth-order valence-corrected chi connectivity index (χ4v) is 5.04. The highest BCUT2D eigenvalue weighted by molar-refractivity contribution is 5.91. The summed E-state index contributed by atoms with van der Waals surface area (Å²) in [6.07, 6.45) is 4.31. The molecule has 1 aliphatic rings. The van der Waals surface area contributed by atoms with Crippen molar-refractivity contribution in [1.29, 1.82) is 0 Å². The number of likely N-dealkylation sites (N-methyl/N-ethyl adjacent to an activating group) is 1. The van der Waals surface area contributed by atoms with E-state index in [1.165, 1.54) is 5.56 Å². The van der Waals surface area contributed by atoms with Crippen LogP contribution in [0.1, 0.15) is 34.5 Å². The zero-order chi connectivity index (χ0) is 25.3. The molecule has 36 heavy (non-hydrogen) atoms. The molecule has 1 aromatic heterocycles. The Morgan fingerprint density at radius 1 is 1.08 bits per heavy atom. The van der Waals surface area contributed by atoms with E-state index in [1.807, 2.05) is 42.3 Å². The number of rotatable bonds is 11. The first-order chi connectivity index (χ1) is 17.6. The van der Waals surface area contributed by atoms with Crippen molar-refractivity contribution >= 4 is 5.91 Å². The lowest BCUT2D eigenvalue weighted by molar-refractivity contribution is 0.0556. The molecule has 0 radical (unpaired) electrons. The highest BCUT2D eigenvalue weighted by Gasteiger charge is 2.32. The Balaban J connectivity index is 1.43. The van der Waals surface area contributed by atoms with E-state index >= 15 is 0 Å². The van der Waals surface area contributed by atoms with Crippen LogP contribution in [0.5, 0.6) is 11.5 Å². The molecule has 1 saturated heterocycles. The Kier molecular flexibility index (Phi) is 9.03. The number of amides is 1. The molecule has 3 aromatic rings. The number of nitrogens with zero attached hydrogens (tertiary/aromatic N) is 2. The summed E-state index contributed by atoms with van der Waals surface area (Å²) < 4.78 is 16.4. The molecule has 2 heterocycles. The average Bonchev–Trinajstić information content (AvgIpc) is 3.46. The number of methoxy groups -OCH3 is 1. The maximum atomic E-state index is 13.2. The molecule has 1 atom stereocenters. The summed E-state index contributed by atoms with van der Waals surface area (Å²) in [7, 11) is 3.56. The highest BCUT2D eigenvalue weighted by Crippen LogP contribution is 2.29. The van der Waals surface area contributed by atoms with Crippen molar-refractivity contribution in [3.05, 3.63) is 83.8 Å². The minimum absolute atomic E-state index is 0.00550. The van der Waals surface area contributed by atoms with E-state index in [0.29, 0.717) is 18.3 Å². The summed E-state index contributed by atoms with van der Waals surface area (Å²) in [5.41, 5.74) is 2.35. The van der Waals surface area contributed by atoms with Crippen LogP contribution in [0.25, 0.3) is 0 Å². The number of ether oxygens (including phenoxy) is 2. The van der Waals surface area contributed by atoms with Crippen LogP contribution < -0.4 is 9.47 Å². The van der Waals surface area contributed by atoms with Crippen LogP contribution in [0, 0.1) is 5.92 Å². The molecule has 1 amide bonds. The molecule has 0 bridgehead atoms. The maximum Gasteiger partial charge on any atom is 0.289 e. The summed E-state index contributed by atoms with van der Waals surface area (Å²) in [4.78, 5) is 17.5. The number of piperidine rings is 1. The first-order valence-corrected chi connectivity index (χ1v) is 12.6. The Labute approximate surface area is 213 Å². The van der Waals surface area contributed by atoms with Gasteiger partial charge in [0.25, 0.3) is 5.91 Å². The normalized spacial score (nSPS) is 15.4. The predicted molar refractivity (Wildman–Crippen MR) is 138 cm³/mol. The summed E-state index contributed by atoms with van der Waals surface area (Å²) in [5, 5.41) is 9.00. The molecule has 0 aliphatic carbocycles. The maximum absolute atomic E-state index is 13.2. The molecule has 1 N–H and O–H groups in total. The standard InChI is InChI=1S/C29H36N2O5/c1-30(29(33)28-10-5-16-36-28)27(20-22-6-3-8-25(18-22)34-2)24-11-13-31(14-12-24)21-23-7-4-9-26(19-23)35-17-15-32/h3-10,16,18-19,24,27,32H,11-15,17,20-21H2,1-2H3/t27-/m1/s1. The lowest BCUT2D eigenvalue weighted by atomic mass is 9.84. The van der Waals surface area contributed by atoms with Crippen LogP contribution in [0.3, 0.4) is 0 Å². The topological polar surface area (TPSA) is 75.4 Å². The van der Waals surface area contributed by atoms with Crippen LogP contribution in [0.4, 0.5) is 0 Å². The summed E-state index contributed by atoms with van der Waals surface area (Å²) in [6, 6.07) is 19.7. The Morgan fingerprint density at radius 3 is 2.50 bits per heavy atom. The third-order valence-electron chi connectivity index (χ3n) is 6.97. The number of furan rings is 1. The van der Waals surface area contributed by atoms with Gasteiger partial charge in [-0.3, -0.25) is 9.69 Å². The van der Waals surface area contributed by atoms with Crippen molar-refractivity contribution in [2.75, 3.05) is 40.5 Å². The van der Waals surface area contributed by atoms with Crippen LogP contribution in [0.15, 0.2) is 71.3 Å². The van der Waals surface area contributed by atoms with E-state index in [-0.39, 0.29) is 18.6 Å². The molecule has 7 heteroatoms. The van der Waals surface area contributed by atoms with Gasteiger partial charge in [0.15, 0.2) is 5.76 Å². The second kappa shape index (κ2) is 12.6. The minimum Gasteiger partial charge on any atom is -0.497 e. The van der Waals surface area contributed by atoms with Gasteiger partial charge in [0.2, 0.25) is 0 Å². The number of carbonyl (C=O) groups excluding carboxylic acids is 1. The quantitative estimate of drug-likeness (QED) is 0.431. The van der Waals surface area contributed by atoms with Crippen molar-refractivity contribution in [1.82, 2.24) is 9.80 Å². The largest absolute Gasteiger partial charge is 0.497 e. The van der Waals surface area contributed by atoms with Crippen molar-refractivity contribution in [2.24, 2.45) is 5.92 Å². The van der Waals surface area contributed by atoms with Gasteiger partial charge < -0.3 is 23.9 Å². The molecular formula is C29H36N2O5. The van der Waals surface area contributed by atoms with Gasteiger partial charge >= 0.3 is 0 Å². The fraction of sp³-hybridized carbons (Fsp3) is 0.414. The summed E-state index contributed by atoms with van der Waals surface area (Å²) in [6.45, 7) is 3.08. The minimum atomic E-state index is -0.0879. The monoisotopic (exact) mass is 492 g/mol. The van der Waals surface area contributed by atoms with Crippen molar-refractivity contribution in [2.45, 2.75) is 31.8 Å². The smallest absolute Gasteiger partial charge is 0.289 e. The van der Waals surface area contributed by atoms with Crippen molar-refractivity contribution in [3.63, 3.8) is 0 Å². The van der Waals surface area contributed by atoms with Gasteiger partial charge in [-0.2, -0.15) is 0 Å². The molecule has 7 nitrogen and oxygen atoms in total. The molecule has 1 fully saturated rings. The Hall–Kier alpha value is -3.29.